The van der Waals surface area contributed by atoms with E-state index in [0.717, 1.165) is 17.1 Å². The van der Waals surface area contributed by atoms with Gasteiger partial charge >= 0.3 is 0 Å². The quantitative estimate of drug-likeness (QED) is 0.285. The summed E-state index contributed by atoms with van der Waals surface area (Å²) in [6, 6.07) is 15.1. The molecule has 11 nitrogen and oxygen atoms in total. The first-order chi connectivity index (χ1) is 18.6. The van der Waals surface area contributed by atoms with Crippen LogP contribution in [0.3, 0.4) is 0 Å². The van der Waals surface area contributed by atoms with Gasteiger partial charge in [-0.15, -0.1) is 0 Å². The summed E-state index contributed by atoms with van der Waals surface area (Å²) in [4.78, 5) is 23.4. The Balaban J connectivity index is 1.43. The minimum Gasteiger partial charge on any atom is -0.494 e. The van der Waals surface area contributed by atoms with Crippen molar-refractivity contribution in [2.75, 3.05) is 54.3 Å². The van der Waals surface area contributed by atoms with Crippen molar-refractivity contribution < 1.29 is 14.3 Å². The number of ether oxygens (including phenoxy) is 2. The van der Waals surface area contributed by atoms with Gasteiger partial charge in [-0.3, -0.25) is 4.79 Å². The van der Waals surface area contributed by atoms with Gasteiger partial charge in [0.05, 0.1) is 48.8 Å². The summed E-state index contributed by atoms with van der Waals surface area (Å²) in [5.74, 6) is 1.21. The summed E-state index contributed by atoms with van der Waals surface area (Å²) in [6.45, 7) is 6.18. The molecule has 1 aliphatic rings. The summed E-state index contributed by atoms with van der Waals surface area (Å²) in [7, 11) is 1.59. The van der Waals surface area contributed by atoms with Gasteiger partial charge < -0.3 is 30.3 Å². The number of amides is 1. The van der Waals surface area contributed by atoms with E-state index in [2.05, 4.69) is 42.5 Å². The summed E-state index contributed by atoms with van der Waals surface area (Å²) in [5, 5.41) is 13.8. The highest BCUT2D eigenvalue weighted by Gasteiger charge is 2.20. The number of carbonyl (C=O) groups excluding carboxylic acids is 1. The van der Waals surface area contributed by atoms with E-state index in [9.17, 15) is 4.79 Å². The first kappa shape index (κ1) is 24.8. The van der Waals surface area contributed by atoms with Gasteiger partial charge in [0.15, 0.2) is 0 Å². The molecule has 194 valence electrons. The van der Waals surface area contributed by atoms with Crippen LogP contribution in [-0.2, 0) is 9.53 Å². The number of hydrogen-bond donors (Lipinski definition) is 3. The molecule has 0 atom stereocenters. The first-order valence-electron chi connectivity index (χ1n) is 12.1. The highest BCUT2D eigenvalue weighted by molar-refractivity contribution is 6.02. The van der Waals surface area contributed by atoms with Crippen LogP contribution < -0.4 is 25.6 Å². The molecule has 5 rings (SSSR count). The maximum Gasteiger partial charge on any atom is 0.247 e. The number of aromatic nitrogens is 4. The number of methoxy groups -OCH3 is 1. The van der Waals surface area contributed by atoms with E-state index < -0.39 is 0 Å². The predicted octanol–water partition coefficient (Wildman–Crippen LogP) is 4.12. The average Bonchev–Trinajstić information content (AvgIpc) is 3.49. The SMILES string of the molecule is C=CC(=O)Nc1cc(Nc2nccc(Nc3ccccc3-n3cccn3)n2)c(OC)cc1N1CCOCC1. The predicted molar refractivity (Wildman–Crippen MR) is 147 cm³/mol. The fraction of sp³-hybridized carbons (Fsp3) is 0.185. The third-order valence-electron chi connectivity index (χ3n) is 5.93. The van der Waals surface area contributed by atoms with E-state index in [1.165, 1.54) is 6.08 Å². The molecule has 0 radical (unpaired) electrons. The van der Waals surface area contributed by atoms with Crippen molar-refractivity contribution in [1.29, 1.82) is 0 Å². The standard InChI is InChI=1S/C27H28N8O3/c1-3-26(36)31-20-17-21(24(37-2)18-23(20)34-13-15-38-16-14-34)32-27-28-11-9-25(33-27)30-19-7-4-5-8-22(19)35-12-6-10-29-35/h3-12,17-18H,1,13-16H2,2H3,(H,31,36)(H2,28,30,32,33). The van der Waals surface area contributed by atoms with Gasteiger partial charge in [0.2, 0.25) is 11.9 Å². The van der Waals surface area contributed by atoms with Crippen LogP contribution in [0.2, 0.25) is 0 Å². The zero-order chi connectivity index (χ0) is 26.3. The van der Waals surface area contributed by atoms with Gasteiger partial charge in [0, 0.05) is 37.7 Å². The Morgan fingerprint density at radius 2 is 1.87 bits per heavy atom. The summed E-state index contributed by atoms with van der Waals surface area (Å²) < 4.78 is 13.0. The van der Waals surface area contributed by atoms with Crippen molar-refractivity contribution >= 4 is 40.4 Å². The topological polar surface area (TPSA) is 118 Å². The number of benzene rings is 2. The molecule has 1 amide bonds. The van der Waals surface area contributed by atoms with Crippen molar-refractivity contribution in [3.63, 3.8) is 0 Å². The minimum absolute atomic E-state index is 0.311. The number of morpholine rings is 1. The van der Waals surface area contributed by atoms with Gasteiger partial charge in [0.1, 0.15) is 11.6 Å². The average molecular weight is 513 g/mol. The first-order valence-corrected chi connectivity index (χ1v) is 12.1. The van der Waals surface area contributed by atoms with Crippen molar-refractivity contribution in [1.82, 2.24) is 19.7 Å². The molecule has 0 spiro atoms. The third-order valence-corrected chi connectivity index (χ3v) is 5.93. The fourth-order valence-electron chi connectivity index (χ4n) is 4.12. The smallest absolute Gasteiger partial charge is 0.247 e. The van der Waals surface area contributed by atoms with E-state index >= 15 is 0 Å². The highest BCUT2D eigenvalue weighted by Crippen LogP contribution is 2.38. The third kappa shape index (κ3) is 5.57. The molecular formula is C27H28N8O3. The van der Waals surface area contributed by atoms with Gasteiger partial charge in [-0.2, -0.15) is 10.1 Å². The van der Waals surface area contributed by atoms with E-state index in [4.69, 9.17) is 9.47 Å². The molecule has 0 unspecified atom stereocenters. The molecule has 11 heteroatoms. The van der Waals surface area contributed by atoms with Crippen LogP contribution >= 0.6 is 0 Å². The molecular weight excluding hydrogens is 484 g/mol. The maximum absolute atomic E-state index is 12.2. The fourth-order valence-corrected chi connectivity index (χ4v) is 4.12. The zero-order valence-electron chi connectivity index (χ0n) is 20.9. The lowest BCUT2D eigenvalue weighted by molar-refractivity contribution is -0.111. The number of nitrogens with zero attached hydrogens (tertiary/aromatic N) is 5. The normalized spacial score (nSPS) is 13.0. The summed E-state index contributed by atoms with van der Waals surface area (Å²) in [5.41, 5.74) is 3.76. The monoisotopic (exact) mass is 512 g/mol. The number of para-hydroxylation sites is 2. The largest absolute Gasteiger partial charge is 0.494 e. The Kier molecular flexibility index (Phi) is 7.46. The van der Waals surface area contributed by atoms with Gasteiger partial charge in [0.25, 0.3) is 0 Å². The number of nitrogens with one attached hydrogen (secondary N) is 3. The van der Waals surface area contributed by atoms with Crippen LogP contribution in [0.25, 0.3) is 5.69 Å². The number of anilines is 6. The minimum atomic E-state index is -0.311. The number of carbonyl (C=O) groups is 1. The number of rotatable bonds is 9. The Morgan fingerprint density at radius 3 is 2.63 bits per heavy atom. The van der Waals surface area contributed by atoms with Crippen LogP contribution in [0, 0.1) is 0 Å². The molecule has 3 N–H and O–H groups in total. The van der Waals surface area contributed by atoms with Crippen LogP contribution in [0.15, 0.2) is 79.8 Å². The molecule has 38 heavy (non-hydrogen) atoms. The van der Waals surface area contributed by atoms with Crippen molar-refractivity contribution in [2.24, 2.45) is 0 Å². The maximum atomic E-state index is 12.2. The van der Waals surface area contributed by atoms with Crippen LogP contribution in [0.4, 0.5) is 34.5 Å². The summed E-state index contributed by atoms with van der Waals surface area (Å²) >= 11 is 0. The molecule has 1 fully saturated rings. The molecule has 4 aromatic rings. The highest BCUT2D eigenvalue weighted by atomic mass is 16.5. The van der Waals surface area contributed by atoms with Crippen LogP contribution in [-0.4, -0.2) is 59.1 Å². The van der Waals surface area contributed by atoms with E-state index in [-0.39, 0.29) is 5.91 Å². The lowest BCUT2D eigenvalue weighted by Gasteiger charge is -2.31. The van der Waals surface area contributed by atoms with Gasteiger partial charge in [-0.05, 0) is 36.4 Å². The molecule has 0 saturated carbocycles. The van der Waals surface area contributed by atoms with Crippen LogP contribution in [0.1, 0.15) is 0 Å². The van der Waals surface area contributed by atoms with Gasteiger partial charge in [-0.1, -0.05) is 18.7 Å². The number of hydrogen-bond acceptors (Lipinski definition) is 9. The molecule has 0 aliphatic carbocycles. The van der Waals surface area contributed by atoms with Crippen LogP contribution in [0.5, 0.6) is 5.75 Å². The lowest BCUT2D eigenvalue weighted by Crippen LogP contribution is -2.36. The summed E-state index contributed by atoms with van der Waals surface area (Å²) in [6.07, 6.45) is 6.50. The van der Waals surface area contributed by atoms with Gasteiger partial charge in [-0.25, -0.2) is 9.67 Å². The van der Waals surface area contributed by atoms with E-state index in [0.29, 0.717) is 55.2 Å². The Morgan fingerprint density at radius 1 is 1.03 bits per heavy atom. The Labute approximate surface area is 220 Å². The zero-order valence-corrected chi connectivity index (χ0v) is 20.9. The second-order valence-corrected chi connectivity index (χ2v) is 8.35. The Hall–Kier alpha value is -4.90. The van der Waals surface area contributed by atoms with E-state index in [1.807, 2.05) is 48.7 Å². The van der Waals surface area contributed by atoms with Crippen molar-refractivity contribution in [2.45, 2.75) is 0 Å². The second-order valence-electron chi connectivity index (χ2n) is 8.35. The van der Waals surface area contributed by atoms with Crippen molar-refractivity contribution in [3.05, 3.63) is 79.8 Å². The molecule has 1 saturated heterocycles. The van der Waals surface area contributed by atoms with Crippen molar-refractivity contribution in [3.8, 4) is 11.4 Å². The van der Waals surface area contributed by atoms with E-state index in [1.54, 1.807) is 30.3 Å². The molecule has 3 heterocycles. The molecule has 2 aromatic heterocycles. The second kappa shape index (κ2) is 11.4. The lowest BCUT2D eigenvalue weighted by atomic mass is 10.1. The Bertz CT molecular complexity index is 1420. The molecule has 1 aliphatic heterocycles. The molecule has 2 aromatic carbocycles. The molecule has 0 bridgehead atoms.